The van der Waals surface area contributed by atoms with Crippen LogP contribution in [0.1, 0.15) is 16.7 Å². The van der Waals surface area contributed by atoms with Gasteiger partial charge < -0.3 is 29.9 Å². The molecule has 1 N–H and O–H groups in total. The predicted molar refractivity (Wildman–Crippen MR) is 81.9 cm³/mol. The Morgan fingerprint density at radius 3 is 1.95 bits per heavy atom. The van der Waals surface area contributed by atoms with E-state index in [4.69, 9.17) is 0 Å². The molecule has 22 heavy (non-hydrogen) atoms. The molecule has 0 aliphatic carbocycles. The molecule has 3 rings (SSSR count). The Labute approximate surface area is 159 Å². The van der Waals surface area contributed by atoms with Crippen molar-refractivity contribution in [2.75, 3.05) is 0 Å². The van der Waals surface area contributed by atoms with E-state index in [0.717, 1.165) is 11.1 Å². The molecule has 0 saturated heterocycles. The van der Waals surface area contributed by atoms with Gasteiger partial charge in [0.15, 0.2) is 0 Å². The Hall–Kier alpha value is -0.856. The largest absolute Gasteiger partial charge is 3.00 e. The molecule has 0 aliphatic rings. The third kappa shape index (κ3) is 6.10. The number of halogens is 2. The summed E-state index contributed by atoms with van der Waals surface area (Å²) in [6.45, 7) is 5.85. The average molecular weight is 370 g/mol. The van der Waals surface area contributed by atoms with Crippen molar-refractivity contribution in [1.29, 1.82) is 0 Å². The molecule has 0 amide bonds. The van der Waals surface area contributed by atoms with Crippen molar-refractivity contribution in [2.24, 2.45) is 0 Å². The average Bonchev–Trinajstić information content (AvgIpc) is 2.84. The van der Waals surface area contributed by atoms with Crippen LogP contribution in [0.15, 0.2) is 54.6 Å². The Balaban J connectivity index is 0. The van der Waals surface area contributed by atoms with Crippen LogP contribution in [0.25, 0.3) is 10.8 Å². The Bertz CT molecular complexity index is 639. The summed E-state index contributed by atoms with van der Waals surface area (Å²) in [6, 6.07) is 18.6. The summed E-state index contributed by atoms with van der Waals surface area (Å²) in [5.74, 6) is 0.422. The third-order valence-electron chi connectivity index (χ3n) is 3.18. The minimum atomic E-state index is 0. The van der Waals surface area contributed by atoms with Crippen LogP contribution in [-0.2, 0) is 21.7 Å². The van der Waals surface area contributed by atoms with Crippen LogP contribution in [-0.4, -0.2) is 5.11 Å². The van der Waals surface area contributed by atoms with Crippen molar-refractivity contribution in [1.82, 2.24) is 0 Å². The van der Waals surface area contributed by atoms with Gasteiger partial charge in [-0.2, -0.15) is 17.5 Å². The number of fused-ring (bicyclic) bond motifs is 1. The second-order valence-corrected chi connectivity index (χ2v) is 4.90. The SMILES string of the molecule is Cc1cc(C)c(O)c(C)c1.[Cl-].[Cl-].[Ti+3].c1ccc2[cH-]ccc2c1. The van der Waals surface area contributed by atoms with Crippen molar-refractivity contribution in [3.05, 3.63) is 71.3 Å². The number of phenols is 1. The fourth-order valence-electron chi connectivity index (χ4n) is 2.24. The molecule has 3 aromatic rings. The summed E-state index contributed by atoms with van der Waals surface area (Å²) in [5.41, 5.74) is 3.11. The monoisotopic (exact) mass is 369 g/mol. The van der Waals surface area contributed by atoms with Crippen LogP contribution in [0.4, 0.5) is 0 Å². The summed E-state index contributed by atoms with van der Waals surface area (Å²) < 4.78 is 0. The third-order valence-corrected chi connectivity index (χ3v) is 3.18. The van der Waals surface area contributed by atoms with Crippen LogP contribution in [0.5, 0.6) is 5.75 Å². The van der Waals surface area contributed by atoms with Crippen LogP contribution in [0, 0.1) is 20.8 Å². The zero-order valence-electron chi connectivity index (χ0n) is 12.9. The normalized spacial score (nSPS) is 8.68. The molecule has 115 valence electrons. The van der Waals surface area contributed by atoms with Crippen LogP contribution < -0.4 is 24.8 Å². The number of phenolic OH excluding ortho intramolecular Hbond substituents is 1. The van der Waals surface area contributed by atoms with Gasteiger partial charge in [-0.1, -0.05) is 23.8 Å². The zero-order valence-corrected chi connectivity index (χ0v) is 16.0. The Morgan fingerprint density at radius 1 is 0.864 bits per heavy atom. The summed E-state index contributed by atoms with van der Waals surface area (Å²) >= 11 is 0. The Morgan fingerprint density at radius 2 is 1.41 bits per heavy atom. The minimum Gasteiger partial charge on any atom is -1.00 e. The zero-order chi connectivity index (χ0) is 13.8. The molecular formula is C18H19Cl2OTi. The predicted octanol–water partition coefficient (Wildman–Crippen LogP) is -1.12. The standard InChI is InChI=1S/C9H12O.C9H7.2ClH.Ti/c1-6-4-7(2)9(10)8(3)5-6;1-2-5-9-7-3-6-8(9)4-1;;;/h4-5,10H,1-3H3;1-7H;2*1H;/q;-1;;;+3/p-2. The topological polar surface area (TPSA) is 20.2 Å². The van der Waals surface area contributed by atoms with E-state index in [1.807, 2.05) is 32.9 Å². The van der Waals surface area contributed by atoms with Gasteiger partial charge in [0, 0.05) is 0 Å². The smallest absolute Gasteiger partial charge is 1.00 e. The van der Waals surface area contributed by atoms with E-state index >= 15 is 0 Å². The fourth-order valence-corrected chi connectivity index (χ4v) is 2.24. The molecule has 0 spiro atoms. The van der Waals surface area contributed by atoms with E-state index in [9.17, 15) is 5.11 Å². The molecule has 0 fully saturated rings. The van der Waals surface area contributed by atoms with E-state index in [-0.39, 0.29) is 46.5 Å². The number of benzene rings is 2. The summed E-state index contributed by atoms with van der Waals surface area (Å²) in [7, 11) is 0. The minimum absolute atomic E-state index is 0. The quantitative estimate of drug-likeness (QED) is 0.393. The second-order valence-electron chi connectivity index (χ2n) is 4.90. The van der Waals surface area contributed by atoms with Gasteiger partial charge >= 0.3 is 21.7 Å². The summed E-state index contributed by atoms with van der Waals surface area (Å²) in [5, 5.41) is 12.0. The van der Waals surface area contributed by atoms with Crippen molar-refractivity contribution >= 4 is 10.8 Å². The van der Waals surface area contributed by atoms with Gasteiger partial charge in [-0.15, -0.1) is 29.7 Å². The molecule has 0 aromatic heterocycles. The number of aryl methyl sites for hydroxylation is 3. The van der Waals surface area contributed by atoms with Gasteiger partial charge in [0.2, 0.25) is 0 Å². The van der Waals surface area contributed by atoms with Crippen molar-refractivity contribution < 1.29 is 51.6 Å². The van der Waals surface area contributed by atoms with E-state index in [0.29, 0.717) is 5.75 Å². The molecule has 0 heterocycles. The fraction of sp³-hybridized carbons (Fsp3) is 0.167. The molecule has 0 atom stereocenters. The molecular weight excluding hydrogens is 351 g/mol. The first kappa shape index (κ1) is 23.4. The second kappa shape index (κ2) is 10.8. The summed E-state index contributed by atoms with van der Waals surface area (Å²) in [6.07, 6.45) is 0. The number of rotatable bonds is 0. The van der Waals surface area contributed by atoms with E-state index < -0.39 is 0 Å². The number of hydrogen-bond donors (Lipinski definition) is 1. The van der Waals surface area contributed by atoms with Gasteiger partial charge in [-0.05, 0) is 31.9 Å². The van der Waals surface area contributed by atoms with Crippen molar-refractivity contribution in [3.8, 4) is 5.75 Å². The van der Waals surface area contributed by atoms with Gasteiger partial charge in [-0.3, -0.25) is 0 Å². The first-order valence-corrected chi connectivity index (χ1v) is 6.45. The maximum Gasteiger partial charge on any atom is 3.00 e. The Kier molecular flexibility index (Phi) is 11.5. The molecule has 3 aromatic carbocycles. The molecule has 1 nitrogen and oxygen atoms in total. The summed E-state index contributed by atoms with van der Waals surface area (Å²) in [4.78, 5) is 0. The van der Waals surface area contributed by atoms with E-state index in [1.54, 1.807) is 0 Å². The van der Waals surface area contributed by atoms with Crippen molar-refractivity contribution in [2.45, 2.75) is 20.8 Å². The molecule has 0 bridgehead atoms. The van der Waals surface area contributed by atoms with E-state index in [1.165, 1.54) is 16.3 Å². The number of hydrogen-bond acceptors (Lipinski definition) is 1. The maximum absolute atomic E-state index is 9.33. The van der Waals surface area contributed by atoms with Gasteiger partial charge in [0.05, 0.1) is 0 Å². The van der Waals surface area contributed by atoms with E-state index in [2.05, 4.69) is 42.5 Å². The molecule has 0 saturated carbocycles. The van der Waals surface area contributed by atoms with Crippen LogP contribution in [0.2, 0.25) is 0 Å². The van der Waals surface area contributed by atoms with Gasteiger partial charge in [0.1, 0.15) is 5.75 Å². The first-order chi connectivity index (χ1) is 9.08. The van der Waals surface area contributed by atoms with Gasteiger partial charge in [0.25, 0.3) is 0 Å². The molecule has 4 heteroatoms. The van der Waals surface area contributed by atoms with Crippen LogP contribution >= 0.6 is 0 Å². The van der Waals surface area contributed by atoms with Crippen molar-refractivity contribution in [3.63, 3.8) is 0 Å². The number of aromatic hydroxyl groups is 1. The molecule has 0 aliphatic heterocycles. The van der Waals surface area contributed by atoms with Crippen LogP contribution in [0.3, 0.4) is 0 Å². The maximum atomic E-state index is 9.33. The van der Waals surface area contributed by atoms with Gasteiger partial charge in [-0.25, -0.2) is 0 Å². The molecule has 1 radical (unpaired) electrons. The first-order valence-electron chi connectivity index (χ1n) is 6.45. The molecule has 0 unspecified atom stereocenters.